The number of nitrogens with one attached hydrogen (secondary N) is 1. The van der Waals surface area contributed by atoms with Crippen LogP contribution < -0.4 is 0 Å². The summed E-state index contributed by atoms with van der Waals surface area (Å²) in [5.41, 5.74) is 5.27. The van der Waals surface area contributed by atoms with E-state index in [4.69, 9.17) is 0 Å². The third kappa shape index (κ3) is 2.11. The van der Waals surface area contributed by atoms with Gasteiger partial charge in [-0.1, -0.05) is 12.1 Å². The molecule has 0 fully saturated rings. The topological polar surface area (TPSA) is 28.1 Å². The summed E-state index contributed by atoms with van der Waals surface area (Å²) in [5.74, 6) is -0.228. The molecular weight excluding hydrogens is 251 g/mol. The van der Waals surface area contributed by atoms with Crippen molar-refractivity contribution in [1.82, 2.24) is 4.98 Å². The first-order valence-corrected chi connectivity index (χ1v) is 6.49. The van der Waals surface area contributed by atoms with Crippen LogP contribution in [0.3, 0.4) is 0 Å². The fraction of sp³-hybridized carbons (Fsp3) is 0.118. The van der Waals surface area contributed by atoms with Gasteiger partial charge >= 0.3 is 0 Å². The van der Waals surface area contributed by atoms with E-state index >= 15 is 0 Å². The zero-order chi connectivity index (χ0) is 14.1. The van der Waals surface area contributed by atoms with Gasteiger partial charge in [-0.15, -0.1) is 0 Å². The molecule has 0 aliphatic heterocycles. The van der Waals surface area contributed by atoms with Crippen LogP contribution in [0.2, 0.25) is 0 Å². The number of benzene rings is 2. The van der Waals surface area contributed by atoms with E-state index in [-0.39, 0.29) is 5.82 Å². The molecule has 2 nitrogen and oxygen atoms in total. The van der Waals surface area contributed by atoms with Crippen LogP contribution in [0.4, 0.5) is 4.39 Å². The Bertz CT molecular complexity index is 800. The summed E-state index contributed by atoms with van der Waals surface area (Å²) >= 11 is 0. The molecule has 2 aromatic carbocycles. The van der Waals surface area contributed by atoms with Crippen molar-refractivity contribution < 1.29 is 4.39 Å². The molecule has 1 heterocycles. The first-order valence-electron chi connectivity index (χ1n) is 6.49. The number of rotatable bonds is 2. The molecule has 0 amide bonds. The van der Waals surface area contributed by atoms with Gasteiger partial charge in [0.15, 0.2) is 0 Å². The molecule has 3 aromatic rings. The van der Waals surface area contributed by atoms with Crippen LogP contribution in [0.5, 0.6) is 0 Å². The van der Waals surface area contributed by atoms with E-state index in [0.29, 0.717) is 0 Å². The predicted octanol–water partition coefficient (Wildman–Crippen LogP) is 4.33. The van der Waals surface area contributed by atoms with E-state index in [1.807, 2.05) is 18.5 Å². The molecule has 0 saturated carbocycles. The number of fused-ring (bicyclic) bond motifs is 1. The van der Waals surface area contributed by atoms with Gasteiger partial charge in [-0.2, -0.15) is 0 Å². The molecule has 0 unspecified atom stereocenters. The van der Waals surface area contributed by atoms with Gasteiger partial charge in [0.05, 0.1) is 0 Å². The molecule has 0 radical (unpaired) electrons. The summed E-state index contributed by atoms with van der Waals surface area (Å²) in [6.07, 6.45) is 3.77. The molecule has 20 heavy (non-hydrogen) atoms. The Morgan fingerprint density at radius 1 is 1.15 bits per heavy atom. The average Bonchev–Trinajstić information content (AvgIpc) is 2.84. The summed E-state index contributed by atoms with van der Waals surface area (Å²) in [5, 5.41) is 1.02. The molecule has 100 valence electrons. The number of nitrogens with zero attached hydrogens (tertiary/aromatic N) is 1. The Labute approximate surface area is 117 Å². The molecule has 1 N–H and O–H groups in total. The maximum Gasteiger partial charge on any atom is 0.125 e. The van der Waals surface area contributed by atoms with Crippen LogP contribution >= 0.6 is 0 Å². The molecule has 0 atom stereocenters. The van der Waals surface area contributed by atoms with Crippen LogP contribution in [0.1, 0.15) is 11.1 Å². The van der Waals surface area contributed by atoms with Crippen LogP contribution in [-0.2, 0) is 0 Å². The lowest BCUT2D eigenvalue weighted by Gasteiger charge is -2.05. The number of aromatic amines is 1. The Balaban J connectivity index is 2.18. The highest BCUT2D eigenvalue weighted by Crippen LogP contribution is 2.30. The number of hydrogen-bond acceptors (Lipinski definition) is 1. The highest BCUT2D eigenvalue weighted by molar-refractivity contribution is 5.96. The molecular formula is C17H15FN2. The normalized spacial score (nSPS) is 11.6. The third-order valence-corrected chi connectivity index (χ3v) is 3.50. The fourth-order valence-corrected chi connectivity index (χ4v) is 2.42. The molecule has 0 aliphatic carbocycles. The van der Waals surface area contributed by atoms with Crippen LogP contribution in [0.15, 0.2) is 47.6 Å². The van der Waals surface area contributed by atoms with Crippen molar-refractivity contribution in [2.75, 3.05) is 7.05 Å². The van der Waals surface area contributed by atoms with E-state index in [9.17, 15) is 4.39 Å². The van der Waals surface area contributed by atoms with Crippen molar-refractivity contribution in [3.05, 3.63) is 59.5 Å². The Morgan fingerprint density at radius 3 is 2.80 bits per heavy atom. The van der Waals surface area contributed by atoms with Gasteiger partial charge < -0.3 is 4.98 Å². The zero-order valence-corrected chi connectivity index (χ0v) is 11.4. The maximum atomic E-state index is 13.2. The lowest BCUT2D eigenvalue weighted by atomic mass is 10.00. The maximum absolute atomic E-state index is 13.2. The van der Waals surface area contributed by atoms with Gasteiger partial charge in [0, 0.05) is 35.9 Å². The van der Waals surface area contributed by atoms with Crippen molar-refractivity contribution in [3.63, 3.8) is 0 Å². The van der Waals surface area contributed by atoms with Gasteiger partial charge in [0.1, 0.15) is 5.82 Å². The largest absolute Gasteiger partial charge is 0.360 e. The van der Waals surface area contributed by atoms with E-state index < -0.39 is 0 Å². The summed E-state index contributed by atoms with van der Waals surface area (Å²) in [4.78, 5) is 7.20. The summed E-state index contributed by atoms with van der Waals surface area (Å²) in [7, 11) is 1.76. The number of halogens is 1. The van der Waals surface area contributed by atoms with Gasteiger partial charge in [0.25, 0.3) is 0 Å². The third-order valence-electron chi connectivity index (χ3n) is 3.50. The minimum Gasteiger partial charge on any atom is -0.360 e. The number of aliphatic imine (C=N–C) groups is 1. The Hall–Kier alpha value is -2.42. The van der Waals surface area contributed by atoms with Crippen molar-refractivity contribution >= 4 is 17.1 Å². The monoisotopic (exact) mass is 266 g/mol. The van der Waals surface area contributed by atoms with Crippen LogP contribution in [-0.4, -0.2) is 18.2 Å². The van der Waals surface area contributed by atoms with E-state index in [1.165, 1.54) is 17.7 Å². The van der Waals surface area contributed by atoms with Gasteiger partial charge in [0.2, 0.25) is 0 Å². The second-order valence-corrected chi connectivity index (χ2v) is 4.85. The second-order valence-electron chi connectivity index (χ2n) is 4.85. The first-order chi connectivity index (χ1) is 9.69. The molecule has 3 heteroatoms. The zero-order valence-electron chi connectivity index (χ0n) is 11.4. The molecule has 0 spiro atoms. The standard InChI is InChI=1S/C17H15FN2/c1-11-3-4-12(7-13(11)9-19-2)16-10-20-17-8-14(18)5-6-15(16)17/h3-10,20H,1-2H3. The Morgan fingerprint density at radius 2 is 2.00 bits per heavy atom. The van der Waals surface area contributed by atoms with Crippen molar-refractivity contribution in [2.45, 2.75) is 6.92 Å². The van der Waals surface area contributed by atoms with E-state index in [1.54, 1.807) is 7.05 Å². The highest BCUT2D eigenvalue weighted by atomic mass is 19.1. The smallest absolute Gasteiger partial charge is 0.125 e. The van der Waals surface area contributed by atoms with Crippen molar-refractivity contribution in [1.29, 1.82) is 0 Å². The van der Waals surface area contributed by atoms with Crippen LogP contribution in [0.25, 0.3) is 22.0 Å². The fourth-order valence-electron chi connectivity index (χ4n) is 2.42. The van der Waals surface area contributed by atoms with E-state index in [0.717, 1.165) is 27.6 Å². The first kappa shape index (κ1) is 12.6. The lowest BCUT2D eigenvalue weighted by molar-refractivity contribution is 0.629. The minimum atomic E-state index is -0.228. The summed E-state index contributed by atoms with van der Waals surface area (Å²) in [6.45, 7) is 2.06. The highest BCUT2D eigenvalue weighted by Gasteiger charge is 2.08. The van der Waals surface area contributed by atoms with Crippen molar-refractivity contribution in [3.8, 4) is 11.1 Å². The van der Waals surface area contributed by atoms with Crippen molar-refractivity contribution in [2.24, 2.45) is 4.99 Å². The Kier molecular flexibility index (Phi) is 3.11. The average molecular weight is 266 g/mol. The molecule has 0 aliphatic rings. The summed E-state index contributed by atoms with van der Waals surface area (Å²) in [6, 6.07) is 11.1. The molecule has 1 aromatic heterocycles. The lowest BCUT2D eigenvalue weighted by Crippen LogP contribution is -1.88. The molecule has 3 rings (SSSR count). The van der Waals surface area contributed by atoms with E-state index in [2.05, 4.69) is 35.1 Å². The number of aromatic nitrogens is 1. The molecule has 0 bridgehead atoms. The quantitative estimate of drug-likeness (QED) is 0.669. The SMILES string of the molecule is CN=Cc1cc(-c2c[nH]c3cc(F)ccc23)ccc1C. The summed E-state index contributed by atoms with van der Waals surface area (Å²) < 4.78 is 13.2. The molecule has 0 saturated heterocycles. The minimum absolute atomic E-state index is 0.228. The second kappa shape index (κ2) is 4.93. The number of H-pyrrole nitrogens is 1. The number of hydrogen-bond donors (Lipinski definition) is 1. The van der Waals surface area contributed by atoms with Gasteiger partial charge in [-0.25, -0.2) is 4.39 Å². The van der Waals surface area contributed by atoms with Gasteiger partial charge in [-0.05, 0) is 47.9 Å². The van der Waals surface area contributed by atoms with Gasteiger partial charge in [-0.3, -0.25) is 4.99 Å². The van der Waals surface area contributed by atoms with Crippen LogP contribution in [0, 0.1) is 12.7 Å². The predicted molar refractivity (Wildman–Crippen MR) is 81.9 cm³/mol. The number of aryl methyl sites for hydroxylation is 1.